The number of nitrogens with one attached hydrogen (secondary N) is 2. The number of nitrogens with zero attached hydrogens (tertiary/aromatic N) is 1. The number of aromatic amines is 2. The number of benzene rings is 2. The van der Waals surface area contributed by atoms with E-state index in [0.29, 0.717) is 0 Å². The van der Waals surface area contributed by atoms with Crippen LogP contribution in [-0.4, -0.2) is 26.0 Å². The Kier molecular flexibility index (Phi) is 2.35. The smallest absolute Gasteiger partial charge is 0.335 e. The highest BCUT2D eigenvalue weighted by Crippen LogP contribution is 2.28. The molecule has 0 saturated heterocycles. The normalized spacial score (nSPS) is 11.2. The number of hydrogen-bond donors (Lipinski definition) is 3. The van der Waals surface area contributed by atoms with Crippen molar-refractivity contribution in [2.45, 2.75) is 0 Å². The number of H-pyrrole nitrogens is 2. The van der Waals surface area contributed by atoms with E-state index >= 15 is 0 Å². The maximum absolute atomic E-state index is 11.0. The van der Waals surface area contributed by atoms with Crippen LogP contribution in [0.1, 0.15) is 10.4 Å². The first-order valence-electron chi connectivity index (χ1n) is 6.52. The van der Waals surface area contributed by atoms with Crippen LogP contribution in [0.3, 0.4) is 0 Å². The van der Waals surface area contributed by atoms with E-state index in [-0.39, 0.29) is 5.56 Å². The molecule has 0 unspecified atom stereocenters. The minimum Gasteiger partial charge on any atom is -0.478 e. The van der Waals surface area contributed by atoms with Gasteiger partial charge in [-0.3, -0.25) is 0 Å². The van der Waals surface area contributed by atoms with E-state index in [2.05, 4.69) is 15.0 Å². The molecule has 0 atom stereocenters. The average Bonchev–Trinajstić information content (AvgIpc) is 3.09. The summed E-state index contributed by atoms with van der Waals surface area (Å²) in [5.41, 5.74) is 3.73. The molecule has 2 heterocycles. The summed E-state index contributed by atoms with van der Waals surface area (Å²) in [7, 11) is 0. The Hall–Kier alpha value is -3.08. The van der Waals surface area contributed by atoms with Gasteiger partial charge in [-0.15, -0.1) is 0 Å². The summed E-state index contributed by atoms with van der Waals surface area (Å²) in [5.74, 6) is -0.217. The molecular weight excluding hydrogens is 266 g/mol. The van der Waals surface area contributed by atoms with Crippen molar-refractivity contribution >= 4 is 27.9 Å². The van der Waals surface area contributed by atoms with Crippen LogP contribution in [0.2, 0.25) is 0 Å². The topological polar surface area (TPSA) is 81.8 Å². The lowest BCUT2D eigenvalue weighted by molar-refractivity contribution is 0.0697. The number of hydrogen-bond acceptors (Lipinski definition) is 2. The van der Waals surface area contributed by atoms with Crippen LogP contribution in [-0.2, 0) is 0 Å². The molecule has 5 nitrogen and oxygen atoms in total. The third-order valence-corrected chi connectivity index (χ3v) is 3.57. The summed E-state index contributed by atoms with van der Waals surface area (Å²) in [5, 5.41) is 10.1. The van der Waals surface area contributed by atoms with Crippen molar-refractivity contribution < 1.29 is 9.90 Å². The van der Waals surface area contributed by atoms with Gasteiger partial charge in [0.1, 0.15) is 5.82 Å². The van der Waals surface area contributed by atoms with Gasteiger partial charge in [-0.05, 0) is 24.3 Å². The van der Waals surface area contributed by atoms with Gasteiger partial charge in [-0.2, -0.15) is 0 Å². The first-order chi connectivity index (χ1) is 10.2. The summed E-state index contributed by atoms with van der Waals surface area (Å²) in [4.78, 5) is 22.0. The molecular formula is C16H11N3O2. The lowest BCUT2D eigenvalue weighted by atomic mass is 10.2. The van der Waals surface area contributed by atoms with E-state index in [9.17, 15) is 4.79 Å². The number of aromatic nitrogens is 3. The van der Waals surface area contributed by atoms with Gasteiger partial charge in [-0.1, -0.05) is 18.2 Å². The van der Waals surface area contributed by atoms with E-state index in [4.69, 9.17) is 5.11 Å². The maximum atomic E-state index is 11.0. The molecule has 3 N–H and O–H groups in total. The lowest BCUT2D eigenvalue weighted by Gasteiger charge is -1.93. The van der Waals surface area contributed by atoms with Crippen LogP contribution in [0.25, 0.3) is 33.3 Å². The Morgan fingerprint density at radius 1 is 1.10 bits per heavy atom. The van der Waals surface area contributed by atoms with Crippen molar-refractivity contribution in [3.05, 3.63) is 54.2 Å². The molecule has 5 heteroatoms. The Balaban J connectivity index is 1.92. The minimum atomic E-state index is -0.944. The molecule has 0 aliphatic carbocycles. The van der Waals surface area contributed by atoms with E-state index in [1.54, 1.807) is 18.2 Å². The number of rotatable bonds is 2. The number of imidazole rings is 1. The first kappa shape index (κ1) is 11.7. The molecule has 2 aromatic carbocycles. The maximum Gasteiger partial charge on any atom is 0.335 e. The van der Waals surface area contributed by atoms with Crippen molar-refractivity contribution in [1.29, 1.82) is 0 Å². The molecule has 0 bridgehead atoms. The Labute approximate surface area is 119 Å². The quantitative estimate of drug-likeness (QED) is 0.525. The van der Waals surface area contributed by atoms with Gasteiger partial charge in [0.05, 0.1) is 16.6 Å². The molecule has 0 radical (unpaired) electrons. The lowest BCUT2D eigenvalue weighted by Crippen LogP contribution is -1.94. The fraction of sp³-hybridized carbons (Fsp3) is 0. The second-order valence-corrected chi connectivity index (χ2v) is 4.87. The van der Waals surface area contributed by atoms with Crippen LogP contribution in [0.5, 0.6) is 0 Å². The first-order valence-corrected chi connectivity index (χ1v) is 6.52. The molecule has 4 rings (SSSR count). The number of carbonyl (C=O) groups is 1. The van der Waals surface area contributed by atoms with Crippen molar-refractivity contribution in [2.24, 2.45) is 0 Å². The summed E-state index contributed by atoms with van der Waals surface area (Å²) in [6.07, 6.45) is 1.90. The predicted octanol–water partition coefficient (Wildman–Crippen LogP) is 3.41. The molecule has 0 saturated carbocycles. The minimum absolute atomic E-state index is 0.247. The van der Waals surface area contributed by atoms with Gasteiger partial charge < -0.3 is 15.1 Å². The fourth-order valence-electron chi connectivity index (χ4n) is 2.54. The van der Waals surface area contributed by atoms with Crippen LogP contribution >= 0.6 is 0 Å². The molecule has 0 aliphatic heterocycles. The van der Waals surface area contributed by atoms with Crippen LogP contribution < -0.4 is 0 Å². The van der Waals surface area contributed by atoms with Crippen molar-refractivity contribution in [2.75, 3.05) is 0 Å². The summed E-state index contributed by atoms with van der Waals surface area (Å²) in [6.45, 7) is 0. The Bertz CT molecular complexity index is 981. The van der Waals surface area contributed by atoms with E-state index < -0.39 is 5.97 Å². The molecule has 4 aromatic rings. The SMILES string of the molecule is O=C(O)c1ccc2nc(-c3c[nH]c4ccccc34)[nH]c2c1. The summed E-state index contributed by atoms with van der Waals surface area (Å²) >= 11 is 0. The van der Waals surface area contributed by atoms with Crippen molar-refractivity contribution in [1.82, 2.24) is 15.0 Å². The molecule has 0 spiro atoms. The van der Waals surface area contributed by atoms with E-state index in [0.717, 1.165) is 33.3 Å². The molecule has 0 aliphatic rings. The van der Waals surface area contributed by atoms with Crippen molar-refractivity contribution in [3.8, 4) is 11.4 Å². The third-order valence-electron chi connectivity index (χ3n) is 3.57. The molecule has 2 aromatic heterocycles. The average molecular weight is 277 g/mol. The monoisotopic (exact) mass is 277 g/mol. The zero-order valence-electron chi connectivity index (χ0n) is 10.9. The number of para-hydroxylation sites is 1. The number of carboxylic acids is 1. The van der Waals surface area contributed by atoms with Gasteiger partial charge in [0.15, 0.2) is 0 Å². The molecule has 0 amide bonds. The van der Waals surface area contributed by atoms with Gasteiger partial charge >= 0.3 is 5.97 Å². The van der Waals surface area contributed by atoms with Crippen molar-refractivity contribution in [3.63, 3.8) is 0 Å². The highest BCUT2D eigenvalue weighted by Gasteiger charge is 2.11. The number of fused-ring (bicyclic) bond motifs is 2. The van der Waals surface area contributed by atoms with Crippen LogP contribution in [0.4, 0.5) is 0 Å². The predicted molar refractivity (Wildman–Crippen MR) is 80.3 cm³/mol. The number of aromatic carboxylic acids is 1. The number of carboxylic acid groups (broad SMARTS) is 1. The fourth-order valence-corrected chi connectivity index (χ4v) is 2.54. The summed E-state index contributed by atoms with van der Waals surface area (Å²) in [6, 6.07) is 12.9. The molecule has 21 heavy (non-hydrogen) atoms. The zero-order valence-corrected chi connectivity index (χ0v) is 10.9. The van der Waals surface area contributed by atoms with Gasteiger partial charge in [0.25, 0.3) is 0 Å². The van der Waals surface area contributed by atoms with E-state index in [1.807, 2.05) is 30.5 Å². The Morgan fingerprint density at radius 3 is 2.81 bits per heavy atom. The van der Waals surface area contributed by atoms with Gasteiger partial charge in [0.2, 0.25) is 0 Å². The second kappa shape index (κ2) is 4.21. The molecule has 0 fully saturated rings. The highest BCUT2D eigenvalue weighted by molar-refractivity contribution is 5.97. The van der Waals surface area contributed by atoms with Gasteiger partial charge in [-0.25, -0.2) is 9.78 Å². The van der Waals surface area contributed by atoms with Gasteiger partial charge in [0, 0.05) is 22.7 Å². The standard InChI is InChI=1S/C16H11N3O2/c20-16(21)9-5-6-13-14(7-9)19-15(18-13)11-8-17-12-4-2-1-3-10(11)12/h1-8,17H,(H,18,19)(H,20,21). The molecule has 102 valence electrons. The van der Waals surface area contributed by atoms with Crippen LogP contribution in [0.15, 0.2) is 48.7 Å². The third kappa shape index (κ3) is 1.79. The highest BCUT2D eigenvalue weighted by atomic mass is 16.4. The zero-order chi connectivity index (χ0) is 14.4. The second-order valence-electron chi connectivity index (χ2n) is 4.87. The largest absolute Gasteiger partial charge is 0.478 e. The van der Waals surface area contributed by atoms with E-state index in [1.165, 1.54) is 0 Å². The summed E-state index contributed by atoms with van der Waals surface area (Å²) < 4.78 is 0. The Morgan fingerprint density at radius 2 is 1.95 bits per heavy atom. The van der Waals surface area contributed by atoms with Crippen LogP contribution in [0, 0.1) is 0 Å².